The van der Waals surface area contributed by atoms with Crippen molar-refractivity contribution in [2.75, 3.05) is 5.73 Å². The molecule has 0 aliphatic rings. The quantitative estimate of drug-likeness (QED) is 0.383. The van der Waals surface area contributed by atoms with Gasteiger partial charge in [-0.1, -0.05) is 6.07 Å². The number of pyridine rings is 1. The highest BCUT2D eigenvalue weighted by molar-refractivity contribution is 6.10. The highest BCUT2D eigenvalue weighted by atomic mass is 16.6. The summed E-state index contributed by atoms with van der Waals surface area (Å²) in [7, 11) is 0. The molecule has 2 rings (SSSR count). The summed E-state index contributed by atoms with van der Waals surface area (Å²) in [6.07, 6.45) is 1.45. The van der Waals surface area contributed by atoms with Gasteiger partial charge in [-0.05, 0) is 24.3 Å². The highest BCUT2D eigenvalue weighted by Crippen LogP contribution is 2.23. The smallest absolute Gasteiger partial charge is 0.280 e. The largest absolute Gasteiger partial charge is 0.399 e. The zero-order valence-electron chi connectivity index (χ0n) is 9.24. The minimum absolute atomic E-state index is 0.0568. The zero-order chi connectivity index (χ0) is 13.1. The molecule has 0 saturated carbocycles. The third kappa shape index (κ3) is 2.17. The number of nitro groups is 1. The molecule has 0 atom stereocenters. The summed E-state index contributed by atoms with van der Waals surface area (Å²) in [5, 5.41) is 10.9. The molecule has 0 fully saturated rings. The van der Waals surface area contributed by atoms with E-state index in [4.69, 9.17) is 5.73 Å². The van der Waals surface area contributed by atoms with Gasteiger partial charge in [0.15, 0.2) is 0 Å². The lowest BCUT2D eigenvalue weighted by atomic mass is 10.0. The van der Waals surface area contributed by atoms with Crippen LogP contribution in [0.2, 0.25) is 0 Å². The molecule has 0 aliphatic heterocycles. The van der Waals surface area contributed by atoms with Gasteiger partial charge in [0.2, 0.25) is 5.78 Å². The van der Waals surface area contributed by atoms with E-state index in [9.17, 15) is 14.9 Å². The monoisotopic (exact) mass is 243 g/mol. The summed E-state index contributed by atoms with van der Waals surface area (Å²) < 4.78 is 0. The van der Waals surface area contributed by atoms with Gasteiger partial charge in [0.25, 0.3) is 5.69 Å². The van der Waals surface area contributed by atoms with Crippen molar-refractivity contribution in [3.63, 3.8) is 0 Å². The number of carbonyl (C=O) groups is 1. The van der Waals surface area contributed by atoms with E-state index >= 15 is 0 Å². The molecule has 0 amide bonds. The van der Waals surface area contributed by atoms with E-state index in [-0.39, 0.29) is 16.9 Å². The third-order valence-corrected chi connectivity index (χ3v) is 2.36. The predicted molar refractivity (Wildman–Crippen MR) is 65.2 cm³/mol. The number of aromatic nitrogens is 1. The first-order valence-corrected chi connectivity index (χ1v) is 5.09. The second kappa shape index (κ2) is 4.62. The lowest BCUT2D eigenvalue weighted by Gasteiger charge is -2.03. The summed E-state index contributed by atoms with van der Waals surface area (Å²) in [6.45, 7) is 0. The van der Waals surface area contributed by atoms with Gasteiger partial charge in [-0.2, -0.15) is 0 Å². The number of nitrogen functional groups attached to an aromatic ring is 1. The molecule has 0 spiro atoms. The van der Waals surface area contributed by atoms with Crippen LogP contribution in [0.4, 0.5) is 11.4 Å². The molecule has 1 aromatic carbocycles. The number of hydrogen-bond acceptors (Lipinski definition) is 5. The molecule has 1 heterocycles. The van der Waals surface area contributed by atoms with Crippen LogP contribution >= 0.6 is 0 Å². The topological polar surface area (TPSA) is 99.1 Å². The van der Waals surface area contributed by atoms with Crippen LogP contribution in [-0.4, -0.2) is 15.7 Å². The van der Waals surface area contributed by atoms with Gasteiger partial charge in [0, 0.05) is 18.0 Å². The van der Waals surface area contributed by atoms with E-state index in [2.05, 4.69) is 4.98 Å². The van der Waals surface area contributed by atoms with Gasteiger partial charge in [0.05, 0.1) is 4.92 Å². The van der Waals surface area contributed by atoms with Gasteiger partial charge in [-0.15, -0.1) is 0 Å². The van der Waals surface area contributed by atoms with Crippen LogP contribution in [0.1, 0.15) is 16.1 Å². The molecular formula is C12H9N3O3. The first-order chi connectivity index (χ1) is 8.59. The second-order valence-electron chi connectivity index (χ2n) is 3.58. The minimum atomic E-state index is -0.615. The van der Waals surface area contributed by atoms with Crippen molar-refractivity contribution in [3.8, 4) is 0 Å². The van der Waals surface area contributed by atoms with E-state index < -0.39 is 10.7 Å². The Morgan fingerprint density at radius 2 is 2.06 bits per heavy atom. The normalized spacial score (nSPS) is 10.0. The number of hydrogen-bond donors (Lipinski definition) is 1. The Kier molecular flexibility index (Phi) is 3.01. The van der Waals surface area contributed by atoms with E-state index in [1.165, 1.54) is 30.5 Å². The van der Waals surface area contributed by atoms with Crippen LogP contribution in [0.3, 0.4) is 0 Å². The molecule has 90 valence electrons. The van der Waals surface area contributed by atoms with Crippen LogP contribution in [0, 0.1) is 10.1 Å². The van der Waals surface area contributed by atoms with Crippen molar-refractivity contribution >= 4 is 17.2 Å². The standard InChI is InChI=1S/C12H9N3O3/c13-8-4-5-11(15(17)18)9(7-8)12(16)10-3-1-2-6-14-10/h1-7H,13H2. The molecule has 0 bridgehead atoms. The fourth-order valence-electron chi connectivity index (χ4n) is 1.53. The molecule has 2 N–H and O–H groups in total. The first-order valence-electron chi connectivity index (χ1n) is 5.09. The molecule has 0 unspecified atom stereocenters. The molecular weight excluding hydrogens is 234 g/mol. The fraction of sp³-hybridized carbons (Fsp3) is 0. The van der Waals surface area contributed by atoms with Gasteiger partial charge >= 0.3 is 0 Å². The molecule has 0 radical (unpaired) electrons. The average Bonchev–Trinajstić information content (AvgIpc) is 2.38. The van der Waals surface area contributed by atoms with Crippen LogP contribution in [0.15, 0.2) is 42.6 Å². The number of anilines is 1. The van der Waals surface area contributed by atoms with Crippen molar-refractivity contribution in [1.29, 1.82) is 0 Å². The number of carbonyl (C=O) groups excluding carboxylic acids is 1. The number of rotatable bonds is 3. The number of ketones is 1. The Labute approximate surface area is 102 Å². The molecule has 0 saturated heterocycles. The van der Waals surface area contributed by atoms with Crippen LogP contribution < -0.4 is 5.73 Å². The number of nitrogens with two attached hydrogens (primary N) is 1. The Morgan fingerprint density at radius 1 is 1.28 bits per heavy atom. The average molecular weight is 243 g/mol. The van der Waals surface area contributed by atoms with Crippen LogP contribution in [0.5, 0.6) is 0 Å². The maximum absolute atomic E-state index is 12.1. The molecule has 1 aromatic heterocycles. The van der Waals surface area contributed by atoms with E-state index in [1.54, 1.807) is 12.1 Å². The van der Waals surface area contributed by atoms with Crippen molar-refractivity contribution in [2.24, 2.45) is 0 Å². The maximum atomic E-state index is 12.1. The summed E-state index contributed by atoms with van der Waals surface area (Å²) in [6, 6.07) is 8.67. The minimum Gasteiger partial charge on any atom is -0.399 e. The lowest BCUT2D eigenvalue weighted by molar-refractivity contribution is -0.385. The molecule has 18 heavy (non-hydrogen) atoms. The SMILES string of the molecule is Nc1ccc([N+](=O)[O-])c(C(=O)c2ccccn2)c1. The van der Waals surface area contributed by atoms with Crippen molar-refractivity contribution in [1.82, 2.24) is 4.98 Å². The van der Waals surface area contributed by atoms with E-state index in [0.717, 1.165) is 0 Å². The molecule has 2 aromatic rings. The summed E-state index contributed by atoms with van der Waals surface area (Å²) in [4.78, 5) is 26.2. The van der Waals surface area contributed by atoms with Crippen LogP contribution in [-0.2, 0) is 0 Å². The third-order valence-electron chi connectivity index (χ3n) is 2.36. The zero-order valence-corrected chi connectivity index (χ0v) is 9.24. The Morgan fingerprint density at radius 3 is 2.67 bits per heavy atom. The Bertz CT molecular complexity index is 611. The van der Waals surface area contributed by atoms with E-state index in [1.807, 2.05) is 0 Å². The molecule has 0 aliphatic carbocycles. The summed E-state index contributed by atoms with van der Waals surface area (Å²) in [5.41, 5.74) is 5.65. The number of benzene rings is 1. The summed E-state index contributed by atoms with van der Waals surface area (Å²) in [5.74, 6) is -0.519. The highest BCUT2D eigenvalue weighted by Gasteiger charge is 2.22. The Balaban J connectivity index is 2.54. The molecule has 6 nitrogen and oxygen atoms in total. The second-order valence-corrected chi connectivity index (χ2v) is 3.58. The predicted octanol–water partition coefficient (Wildman–Crippen LogP) is 1.80. The van der Waals surface area contributed by atoms with Gasteiger partial charge < -0.3 is 5.73 Å². The van der Waals surface area contributed by atoms with Gasteiger partial charge in [-0.3, -0.25) is 19.9 Å². The van der Waals surface area contributed by atoms with E-state index in [0.29, 0.717) is 5.69 Å². The summed E-state index contributed by atoms with van der Waals surface area (Å²) >= 11 is 0. The fourth-order valence-corrected chi connectivity index (χ4v) is 1.53. The van der Waals surface area contributed by atoms with Crippen molar-refractivity contribution in [3.05, 3.63) is 64.0 Å². The first kappa shape index (κ1) is 11.7. The Hall–Kier alpha value is -2.76. The maximum Gasteiger partial charge on any atom is 0.280 e. The molecule has 6 heteroatoms. The number of nitro benzene ring substituents is 1. The van der Waals surface area contributed by atoms with Gasteiger partial charge in [0.1, 0.15) is 11.3 Å². The number of nitrogens with zero attached hydrogens (tertiary/aromatic N) is 2. The van der Waals surface area contributed by atoms with Crippen molar-refractivity contribution in [2.45, 2.75) is 0 Å². The van der Waals surface area contributed by atoms with Gasteiger partial charge in [-0.25, -0.2) is 0 Å². The van der Waals surface area contributed by atoms with Crippen LogP contribution in [0.25, 0.3) is 0 Å². The van der Waals surface area contributed by atoms with Crippen molar-refractivity contribution < 1.29 is 9.72 Å². The lowest BCUT2D eigenvalue weighted by Crippen LogP contribution is -2.07.